The molecule has 0 bridgehead atoms. The topological polar surface area (TPSA) is 43.4 Å². The Morgan fingerprint density at radius 2 is 1.64 bits per heavy atom. The van der Waals surface area contributed by atoms with Crippen LogP contribution >= 0.6 is 0 Å². The molecular weight excluding hydrogens is 331 g/mol. The number of benzene rings is 2. The highest BCUT2D eigenvalue weighted by atomic mass is 32.2. The van der Waals surface area contributed by atoms with E-state index >= 15 is 0 Å². The lowest BCUT2D eigenvalue weighted by molar-refractivity contribution is -0.137. The van der Waals surface area contributed by atoms with Gasteiger partial charge in [0.2, 0.25) is 0 Å². The van der Waals surface area contributed by atoms with Crippen molar-refractivity contribution in [2.24, 2.45) is 0 Å². The molecule has 0 saturated carbocycles. The van der Waals surface area contributed by atoms with Crippen molar-refractivity contribution >= 4 is 10.1 Å². The molecule has 0 saturated heterocycles. The fourth-order valence-electron chi connectivity index (χ4n) is 1.56. The van der Waals surface area contributed by atoms with Crippen LogP contribution in [0.15, 0.2) is 47.4 Å². The fraction of sp³-hybridized carbons (Fsp3) is 0.0769. The van der Waals surface area contributed by atoms with E-state index in [0.29, 0.717) is 30.3 Å². The van der Waals surface area contributed by atoms with Crippen molar-refractivity contribution in [3.05, 3.63) is 59.7 Å². The predicted molar refractivity (Wildman–Crippen MR) is 65.6 cm³/mol. The van der Waals surface area contributed by atoms with Gasteiger partial charge < -0.3 is 4.18 Å². The van der Waals surface area contributed by atoms with Crippen LogP contribution in [0.4, 0.5) is 22.0 Å². The van der Waals surface area contributed by atoms with Gasteiger partial charge in [0.25, 0.3) is 0 Å². The third kappa shape index (κ3) is 3.53. The lowest BCUT2D eigenvalue weighted by Gasteiger charge is -2.10. The highest BCUT2D eigenvalue weighted by Gasteiger charge is 2.31. The number of alkyl halides is 3. The van der Waals surface area contributed by atoms with E-state index in [4.69, 9.17) is 0 Å². The van der Waals surface area contributed by atoms with E-state index in [1.807, 2.05) is 0 Å². The molecule has 0 unspecified atom stereocenters. The van der Waals surface area contributed by atoms with Gasteiger partial charge in [0.15, 0.2) is 0 Å². The molecule has 0 aromatic heterocycles. The second-order valence-corrected chi connectivity index (χ2v) is 5.65. The summed E-state index contributed by atoms with van der Waals surface area (Å²) in [5, 5.41) is 0. The van der Waals surface area contributed by atoms with E-state index in [0.717, 1.165) is 12.1 Å². The molecule has 0 aliphatic rings. The summed E-state index contributed by atoms with van der Waals surface area (Å²) in [4.78, 5) is -1.11. The number of hydrogen-bond acceptors (Lipinski definition) is 3. The second kappa shape index (κ2) is 5.56. The second-order valence-electron chi connectivity index (χ2n) is 4.14. The molecule has 0 fully saturated rings. The number of hydrogen-bond donors (Lipinski definition) is 0. The summed E-state index contributed by atoms with van der Waals surface area (Å²) in [6.07, 6.45) is -4.70. The van der Waals surface area contributed by atoms with Gasteiger partial charge in [-0.15, -0.1) is 0 Å². The van der Waals surface area contributed by atoms with E-state index in [9.17, 15) is 30.4 Å². The highest BCUT2D eigenvalue weighted by molar-refractivity contribution is 7.87. The Kier molecular flexibility index (Phi) is 4.10. The Hall–Kier alpha value is -2.16. The summed E-state index contributed by atoms with van der Waals surface area (Å²) in [7, 11) is -4.81. The Bertz CT molecular complexity index is 800. The van der Waals surface area contributed by atoms with Crippen LogP contribution in [-0.2, 0) is 16.3 Å². The summed E-state index contributed by atoms with van der Waals surface area (Å²) in [6.45, 7) is 0. The average Bonchev–Trinajstić information content (AvgIpc) is 2.40. The number of rotatable bonds is 3. The molecule has 2 aromatic rings. The van der Waals surface area contributed by atoms with Gasteiger partial charge in [-0.25, -0.2) is 8.78 Å². The minimum absolute atomic E-state index is 0.373. The van der Waals surface area contributed by atoms with Crippen LogP contribution in [0.3, 0.4) is 0 Å². The van der Waals surface area contributed by atoms with Gasteiger partial charge in [-0.1, -0.05) is 6.07 Å². The van der Waals surface area contributed by atoms with E-state index in [-0.39, 0.29) is 0 Å². The van der Waals surface area contributed by atoms with Gasteiger partial charge in [-0.05, 0) is 36.4 Å². The van der Waals surface area contributed by atoms with Crippen LogP contribution in [-0.4, -0.2) is 8.42 Å². The van der Waals surface area contributed by atoms with Gasteiger partial charge in [0.05, 0.1) is 5.56 Å². The molecule has 0 amide bonds. The summed E-state index contributed by atoms with van der Waals surface area (Å²) in [5.74, 6) is -2.99. The van der Waals surface area contributed by atoms with Crippen molar-refractivity contribution in [2.75, 3.05) is 0 Å². The van der Waals surface area contributed by atoms with Gasteiger partial charge in [0, 0.05) is 0 Å². The quantitative estimate of drug-likeness (QED) is 0.632. The maximum atomic E-state index is 13.4. The maximum Gasteiger partial charge on any atom is 0.416 e. The molecule has 118 valence electrons. The zero-order chi connectivity index (χ0) is 16.5. The first kappa shape index (κ1) is 16.2. The highest BCUT2D eigenvalue weighted by Crippen LogP contribution is 2.32. The first-order valence-electron chi connectivity index (χ1n) is 5.66. The molecule has 0 spiro atoms. The van der Waals surface area contributed by atoms with Crippen molar-refractivity contribution in [2.45, 2.75) is 11.1 Å². The Balaban J connectivity index is 2.39. The van der Waals surface area contributed by atoms with Crippen LogP contribution in [0.5, 0.6) is 5.75 Å². The smallest absolute Gasteiger partial charge is 0.379 e. The summed E-state index contributed by atoms with van der Waals surface area (Å²) in [6, 6.07) is 4.66. The lowest BCUT2D eigenvalue weighted by atomic mass is 10.2. The Labute approximate surface area is 122 Å². The first-order valence-corrected chi connectivity index (χ1v) is 7.07. The van der Waals surface area contributed by atoms with Crippen LogP contribution in [0.25, 0.3) is 0 Å². The first-order chi connectivity index (χ1) is 10.1. The minimum Gasteiger partial charge on any atom is -0.379 e. The standard InChI is InChI=1S/C13H7F5O3S/c14-9-4-5-11(15)12(7-9)22(19,20)21-10-3-1-2-8(6-10)13(16,17)18/h1-7H. The van der Waals surface area contributed by atoms with Crippen LogP contribution < -0.4 is 4.18 Å². The number of halogens is 5. The summed E-state index contributed by atoms with van der Waals surface area (Å²) in [5.41, 5.74) is -1.14. The normalized spacial score (nSPS) is 12.2. The maximum absolute atomic E-state index is 13.4. The molecule has 22 heavy (non-hydrogen) atoms. The van der Waals surface area contributed by atoms with Crippen LogP contribution in [0.2, 0.25) is 0 Å². The van der Waals surface area contributed by atoms with Crippen molar-refractivity contribution in [1.29, 1.82) is 0 Å². The molecular formula is C13H7F5O3S. The van der Waals surface area contributed by atoms with Crippen molar-refractivity contribution in [3.63, 3.8) is 0 Å². The minimum atomic E-state index is -4.81. The molecule has 9 heteroatoms. The van der Waals surface area contributed by atoms with E-state index in [1.165, 1.54) is 0 Å². The predicted octanol–water partition coefficient (Wildman–Crippen LogP) is 3.75. The Morgan fingerprint density at radius 1 is 0.955 bits per heavy atom. The zero-order valence-electron chi connectivity index (χ0n) is 10.6. The molecule has 0 heterocycles. The molecule has 0 radical (unpaired) electrons. The third-order valence-corrected chi connectivity index (χ3v) is 3.79. The van der Waals surface area contributed by atoms with Gasteiger partial charge in [-0.3, -0.25) is 0 Å². The van der Waals surface area contributed by atoms with Gasteiger partial charge in [-0.2, -0.15) is 21.6 Å². The fourth-order valence-corrected chi connectivity index (χ4v) is 2.58. The van der Waals surface area contributed by atoms with Crippen molar-refractivity contribution in [3.8, 4) is 5.75 Å². The lowest BCUT2D eigenvalue weighted by Crippen LogP contribution is -2.13. The summed E-state index contributed by atoms with van der Waals surface area (Å²) >= 11 is 0. The molecule has 0 N–H and O–H groups in total. The third-order valence-electron chi connectivity index (χ3n) is 2.53. The van der Waals surface area contributed by atoms with E-state index < -0.39 is 44.1 Å². The Morgan fingerprint density at radius 3 is 2.27 bits per heavy atom. The molecule has 0 atom stereocenters. The van der Waals surface area contributed by atoms with E-state index in [2.05, 4.69) is 4.18 Å². The molecule has 2 rings (SSSR count). The average molecular weight is 338 g/mol. The van der Waals surface area contributed by atoms with Gasteiger partial charge >= 0.3 is 16.3 Å². The van der Waals surface area contributed by atoms with Gasteiger partial charge in [0.1, 0.15) is 22.3 Å². The van der Waals surface area contributed by atoms with Crippen molar-refractivity contribution in [1.82, 2.24) is 0 Å². The molecule has 0 aliphatic heterocycles. The van der Waals surface area contributed by atoms with Crippen LogP contribution in [0.1, 0.15) is 5.56 Å². The molecule has 2 aromatic carbocycles. The monoisotopic (exact) mass is 338 g/mol. The molecule has 3 nitrogen and oxygen atoms in total. The zero-order valence-corrected chi connectivity index (χ0v) is 11.4. The van der Waals surface area contributed by atoms with Crippen LogP contribution in [0, 0.1) is 11.6 Å². The summed E-state index contributed by atoms with van der Waals surface area (Å²) < 4.78 is 92.1. The van der Waals surface area contributed by atoms with Crippen molar-refractivity contribution < 1.29 is 34.6 Å². The largest absolute Gasteiger partial charge is 0.416 e. The van der Waals surface area contributed by atoms with E-state index in [1.54, 1.807) is 0 Å². The SMILES string of the molecule is O=S(=O)(Oc1cccc(C(F)(F)F)c1)c1cc(F)ccc1F. The molecule has 0 aliphatic carbocycles.